The zero-order valence-corrected chi connectivity index (χ0v) is 20.4. The lowest BCUT2D eigenvalue weighted by molar-refractivity contribution is -0.122. The number of benzene rings is 2. The van der Waals surface area contributed by atoms with E-state index in [1.54, 1.807) is 63.4 Å². The molecular weight excluding hydrogens is 460 g/mol. The van der Waals surface area contributed by atoms with E-state index in [1.165, 1.54) is 17.0 Å². The highest BCUT2D eigenvalue weighted by atomic mass is 16.6. The number of nitrogens with two attached hydrogens (primary N) is 1. The maximum Gasteiger partial charge on any atom is 0.411 e. The molecule has 3 N–H and O–H groups in total. The van der Waals surface area contributed by atoms with Gasteiger partial charge in [-0.15, -0.1) is 0 Å². The summed E-state index contributed by atoms with van der Waals surface area (Å²) in [5.74, 6) is 0.00362. The first-order valence-electron chi connectivity index (χ1n) is 11.5. The van der Waals surface area contributed by atoms with Gasteiger partial charge in [0.1, 0.15) is 17.4 Å². The lowest BCUT2D eigenvalue weighted by atomic mass is 9.91. The Labute approximate surface area is 209 Å². The molecule has 1 aliphatic rings. The fourth-order valence-electron chi connectivity index (χ4n) is 3.98. The number of nitrogens with zero attached hydrogens (tertiary/aromatic N) is 2. The highest BCUT2D eigenvalue weighted by Gasteiger charge is 2.39. The van der Waals surface area contributed by atoms with Crippen LogP contribution >= 0.6 is 0 Å². The van der Waals surface area contributed by atoms with E-state index in [0.717, 1.165) is 5.56 Å². The number of hydrogen-bond acceptors (Lipinski definition) is 6. The highest BCUT2D eigenvalue weighted by molar-refractivity contribution is 5.99. The second-order valence-electron chi connectivity index (χ2n) is 9.35. The maximum absolute atomic E-state index is 13.6. The highest BCUT2D eigenvalue weighted by Crippen LogP contribution is 2.38. The molecule has 1 aromatic heterocycles. The van der Waals surface area contributed by atoms with Crippen molar-refractivity contribution in [3.63, 3.8) is 0 Å². The average Bonchev–Trinajstić information content (AvgIpc) is 2.83. The van der Waals surface area contributed by atoms with E-state index in [1.807, 2.05) is 12.1 Å². The molecule has 0 fully saturated rings. The molecule has 1 atom stereocenters. The Morgan fingerprint density at radius 1 is 1.03 bits per heavy atom. The van der Waals surface area contributed by atoms with Crippen LogP contribution in [0.1, 0.15) is 48.3 Å². The van der Waals surface area contributed by atoms with Crippen molar-refractivity contribution in [1.29, 1.82) is 0 Å². The molecular formula is C27H28N4O5. The summed E-state index contributed by atoms with van der Waals surface area (Å²) in [6.07, 6.45) is 1.51. The van der Waals surface area contributed by atoms with Gasteiger partial charge in [-0.3, -0.25) is 14.5 Å². The van der Waals surface area contributed by atoms with Gasteiger partial charge in [-0.25, -0.2) is 9.78 Å². The number of primary amides is 1. The van der Waals surface area contributed by atoms with Gasteiger partial charge in [0, 0.05) is 35.6 Å². The van der Waals surface area contributed by atoms with E-state index in [2.05, 4.69) is 10.3 Å². The average molecular weight is 489 g/mol. The first-order chi connectivity index (χ1) is 17.1. The number of anilines is 1. The number of nitrogens with one attached hydrogen (secondary N) is 1. The first-order valence-corrected chi connectivity index (χ1v) is 11.5. The van der Waals surface area contributed by atoms with Crippen molar-refractivity contribution in [2.45, 2.75) is 38.8 Å². The third-order valence-corrected chi connectivity index (χ3v) is 5.54. The topological polar surface area (TPSA) is 124 Å². The molecule has 4 rings (SSSR count). The van der Waals surface area contributed by atoms with Crippen molar-refractivity contribution in [3.05, 3.63) is 83.6 Å². The number of ether oxygens (including phenoxy) is 2. The van der Waals surface area contributed by atoms with Crippen molar-refractivity contribution < 1.29 is 23.9 Å². The second-order valence-corrected chi connectivity index (χ2v) is 9.35. The Kier molecular flexibility index (Phi) is 6.91. The molecule has 3 aromatic rings. The Bertz CT molecular complexity index is 1270. The van der Waals surface area contributed by atoms with Gasteiger partial charge in [-0.05, 0) is 69.2 Å². The van der Waals surface area contributed by atoms with E-state index in [-0.39, 0.29) is 6.54 Å². The molecule has 0 radical (unpaired) electrons. The summed E-state index contributed by atoms with van der Waals surface area (Å²) in [4.78, 5) is 43.7. The molecule has 0 saturated heterocycles. The van der Waals surface area contributed by atoms with Gasteiger partial charge >= 0.3 is 6.09 Å². The molecule has 1 aliphatic heterocycles. The molecule has 9 nitrogen and oxygen atoms in total. The van der Waals surface area contributed by atoms with Crippen LogP contribution in [0.2, 0.25) is 0 Å². The van der Waals surface area contributed by atoms with E-state index in [9.17, 15) is 14.4 Å². The monoisotopic (exact) mass is 488 g/mol. The summed E-state index contributed by atoms with van der Waals surface area (Å²) in [5.41, 5.74) is 6.80. The second kappa shape index (κ2) is 10.1. The molecule has 0 saturated carbocycles. The van der Waals surface area contributed by atoms with E-state index < -0.39 is 29.6 Å². The molecule has 36 heavy (non-hydrogen) atoms. The summed E-state index contributed by atoms with van der Waals surface area (Å²) in [6, 6.07) is 16.0. The van der Waals surface area contributed by atoms with E-state index in [4.69, 9.17) is 15.2 Å². The molecule has 0 spiro atoms. The van der Waals surface area contributed by atoms with Crippen molar-refractivity contribution in [2.75, 3.05) is 11.9 Å². The quantitative estimate of drug-likeness (QED) is 0.547. The van der Waals surface area contributed by atoms with Crippen LogP contribution in [0.5, 0.6) is 11.6 Å². The number of aromatic nitrogens is 1. The third-order valence-electron chi connectivity index (χ3n) is 5.54. The predicted octanol–water partition coefficient (Wildman–Crippen LogP) is 4.45. The molecule has 186 valence electrons. The van der Waals surface area contributed by atoms with Gasteiger partial charge in [0.05, 0.1) is 0 Å². The lowest BCUT2D eigenvalue weighted by Crippen LogP contribution is -2.47. The van der Waals surface area contributed by atoms with Crippen molar-refractivity contribution in [2.24, 2.45) is 5.73 Å². The standard InChI is InChI=1S/C27H28N4O5/c1-27(2,3)36-26(34)31-16-14-19-20(7-6-8-21(19)35-22-9-4-5-15-29-22)23(31)25(33)30-18-12-10-17(11-13-18)24(28)32/h4-13,15,23H,14,16H2,1-3H3,(H2,28,32)(H,30,33)/t23-/m1/s1. The van der Waals surface area contributed by atoms with E-state index in [0.29, 0.717) is 34.9 Å². The summed E-state index contributed by atoms with van der Waals surface area (Å²) in [6.45, 7) is 5.58. The minimum atomic E-state index is -0.966. The summed E-state index contributed by atoms with van der Waals surface area (Å²) < 4.78 is 11.6. The summed E-state index contributed by atoms with van der Waals surface area (Å²) >= 11 is 0. The van der Waals surface area contributed by atoms with E-state index >= 15 is 0 Å². The van der Waals surface area contributed by atoms with Gasteiger partial charge in [0.15, 0.2) is 0 Å². The first kappa shape index (κ1) is 24.7. The van der Waals surface area contributed by atoms with Gasteiger partial charge in [0.2, 0.25) is 11.8 Å². The Morgan fingerprint density at radius 2 is 1.78 bits per heavy atom. The minimum Gasteiger partial charge on any atom is -0.444 e. The van der Waals surface area contributed by atoms with Crippen LogP contribution in [-0.4, -0.2) is 39.9 Å². The number of pyridine rings is 1. The molecule has 2 aromatic carbocycles. The normalized spacial score (nSPS) is 15.0. The largest absolute Gasteiger partial charge is 0.444 e. The Morgan fingerprint density at radius 3 is 2.42 bits per heavy atom. The Hall–Kier alpha value is -4.40. The van der Waals surface area contributed by atoms with Crippen LogP contribution in [0.3, 0.4) is 0 Å². The maximum atomic E-state index is 13.6. The number of hydrogen-bond donors (Lipinski definition) is 2. The number of carbonyl (C=O) groups excluding carboxylic acids is 3. The predicted molar refractivity (Wildman–Crippen MR) is 134 cm³/mol. The smallest absolute Gasteiger partial charge is 0.411 e. The van der Waals surface area contributed by atoms with Gasteiger partial charge in [-0.2, -0.15) is 0 Å². The number of rotatable bonds is 5. The Balaban J connectivity index is 1.69. The minimum absolute atomic E-state index is 0.253. The number of carbonyl (C=O) groups is 3. The SMILES string of the molecule is CC(C)(C)OC(=O)N1CCc2c(Oc3ccccn3)cccc2[C@@H]1C(=O)Nc1ccc(C(N)=O)cc1. The van der Waals surface area contributed by atoms with Gasteiger partial charge < -0.3 is 20.5 Å². The lowest BCUT2D eigenvalue weighted by Gasteiger charge is -2.37. The summed E-state index contributed by atoms with van der Waals surface area (Å²) in [5, 5.41) is 2.84. The third kappa shape index (κ3) is 5.63. The molecule has 3 amide bonds. The fraction of sp³-hybridized carbons (Fsp3) is 0.259. The van der Waals surface area contributed by atoms with Crippen LogP contribution in [0.25, 0.3) is 0 Å². The zero-order chi connectivity index (χ0) is 25.9. The molecule has 0 unspecified atom stereocenters. The molecule has 0 aliphatic carbocycles. The van der Waals surface area contributed by atoms with Crippen molar-refractivity contribution in [3.8, 4) is 11.6 Å². The van der Waals surface area contributed by atoms with Crippen molar-refractivity contribution in [1.82, 2.24) is 9.88 Å². The molecule has 0 bridgehead atoms. The zero-order valence-electron chi connectivity index (χ0n) is 20.4. The van der Waals surface area contributed by atoms with Crippen LogP contribution in [0, 0.1) is 0 Å². The van der Waals surface area contributed by atoms with Gasteiger partial charge in [0.25, 0.3) is 5.91 Å². The number of fused-ring (bicyclic) bond motifs is 1. The molecule has 9 heteroatoms. The fourth-order valence-corrected chi connectivity index (χ4v) is 3.98. The van der Waals surface area contributed by atoms with Gasteiger partial charge in [-0.1, -0.05) is 18.2 Å². The summed E-state index contributed by atoms with van der Waals surface area (Å²) in [7, 11) is 0. The molecule has 2 heterocycles. The van der Waals surface area contributed by atoms with Crippen molar-refractivity contribution >= 4 is 23.6 Å². The van der Waals surface area contributed by atoms with Crippen LogP contribution < -0.4 is 15.8 Å². The van der Waals surface area contributed by atoms with Crippen LogP contribution in [0.4, 0.5) is 10.5 Å². The van der Waals surface area contributed by atoms with Crippen LogP contribution in [0.15, 0.2) is 66.9 Å². The number of amides is 3. The van der Waals surface area contributed by atoms with Crippen LogP contribution in [-0.2, 0) is 16.0 Å².